The Labute approximate surface area is 122 Å². The fourth-order valence-corrected chi connectivity index (χ4v) is 2.26. The first-order valence-corrected chi connectivity index (χ1v) is 7.09. The summed E-state index contributed by atoms with van der Waals surface area (Å²) >= 11 is 0. The molecule has 0 radical (unpaired) electrons. The van der Waals surface area contributed by atoms with Gasteiger partial charge in [0.25, 0.3) is 0 Å². The number of benzene rings is 1. The highest BCUT2D eigenvalue weighted by atomic mass is 16.5. The third kappa shape index (κ3) is 4.39. The number of aliphatic hydroxyl groups is 1. The summed E-state index contributed by atoms with van der Waals surface area (Å²) in [5, 5.41) is 12.6. The molecule has 1 rings (SSSR count). The Balaban J connectivity index is 2.81. The number of aryl methyl sites for hydroxylation is 1. The van der Waals surface area contributed by atoms with E-state index in [4.69, 9.17) is 14.6 Å². The number of aliphatic hydroxyl groups excluding tert-OH is 1. The van der Waals surface area contributed by atoms with Gasteiger partial charge >= 0.3 is 0 Å². The number of methoxy groups -OCH3 is 2. The zero-order valence-corrected chi connectivity index (χ0v) is 13.2. The van der Waals surface area contributed by atoms with Crippen LogP contribution >= 0.6 is 0 Å². The summed E-state index contributed by atoms with van der Waals surface area (Å²) in [6.07, 6.45) is 0.768. The molecule has 0 amide bonds. The molecule has 0 aromatic heterocycles. The normalized spacial score (nSPS) is 12.6. The minimum Gasteiger partial charge on any atom is -0.493 e. The van der Waals surface area contributed by atoms with Crippen LogP contribution in [0, 0.1) is 12.8 Å². The lowest BCUT2D eigenvalue weighted by Crippen LogP contribution is -2.34. The van der Waals surface area contributed by atoms with E-state index in [2.05, 4.69) is 26.1 Å². The molecule has 0 saturated carbocycles. The van der Waals surface area contributed by atoms with E-state index in [1.54, 1.807) is 14.2 Å². The van der Waals surface area contributed by atoms with Gasteiger partial charge in [-0.2, -0.15) is 0 Å². The molecule has 20 heavy (non-hydrogen) atoms. The number of nitrogens with one attached hydrogen (secondary N) is 1. The molecule has 1 aromatic carbocycles. The van der Waals surface area contributed by atoms with Gasteiger partial charge in [0.15, 0.2) is 11.5 Å². The number of rotatable bonds is 8. The average Bonchev–Trinajstić information content (AvgIpc) is 2.43. The van der Waals surface area contributed by atoms with Crippen molar-refractivity contribution in [3.8, 4) is 11.5 Å². The highest BCUT2D eigenvalue weighted by Gasteiger charge is 2.14. The Morgan fingerprint density at radius 3 is 2.25 bits per heavy atom. The van der Waals surface area contributed by atoms with E-state index in [1.807, 2.05) is 12.1 Å². The summed E-state index contributed by atoms with van der Waals surface area (Å²) in [5.41, 5.74) is 2.35. The van der Waals surface area contributed by atoms with Crippen LogP contribution in [-0.4, -0.2) is 32.0 Å². The molecule has 0 bridgehead atoms. The predicted molar refractivity (Wildman–Crippen MR) is 81.5 cm³/mol. The van der Waals surface area contributed by atoms with E-state index in [0.29, 0.717) is 12.0 Å². The van der Waals surface area contributed by atoms with Crippen LogP contribution in [0.3, 0.4) is 0 Å². The van der Waals surface area contributed by atoms with Gasteiger partial charge in [-0.1, -0.05) is 13.8 Å². The van der Waals surface area contributed by atoms with Crippen molar-refractivity contribution in [1.82, 2.24) is 5.32 Å². The topological polar surface area (TPSA) is 50.7 Å². The second-order valence-electron chi connectivity index (χ2n) is 5.38. The Bertz CT molecular complexity index is 418. The lowest BCUT2D eigenvalue weighted by Gasteiger charge is -2.22. The summed E-state index contributed by atoms with van der Waals surface area (Å²) < 4.78 is 10.6. The molecule has 2 N–H and O–H groups in total. The van der Waals surface area contributed by atoms with E-state index in [0.717, 1.165) is 24.5 Å². The van der Waals surface area contributed by atoms with Gasteiger partial charge in [-0.15, -0.1) is 0 Å². The molecular weight excluding hydrogens is 254 g/mol. The third-order valence-electron chi connectivity index (χ3n) is 3.64. The second-order valence-corrected chi connectivity index (χ2v) is 5.38. The standard InChI is InChI=1S/C16H27NO3/c1-11(2)14(6-7-18)17-10-13-9-16(20-5)15(19-4)8-12(13)3/h8-9,11,14,17-18H,6-7,10H2,1-5H3. The molecule has 0 fully saturated rings. The van der Waals surface area contributed by atoms with E-state index < -0.39 is 0 Å². The maximum Gasteiger partial charge on any atom is 0.161 e. The highest BCUT2D eigenvalue weighted by molar-refractivity contribution is 5.47. The fourth-order valence-electron chi connectivity index (χ4n) is 2.26. The molecule has 0 aliphatic heterocycles. The van der Waals surface area contributed by atoms with Crippen molar-refractivity contribution in [2.24, 2.45) is 5.92 Å². The van der Waals surface area contributed by atoms with Crippen LogP contribution in [0.15, 0.2) is 12.1 Å². The van der Waals surface area contributed by atoms with Gasteiger partial charge in [-0.05, 0) is 42.5 Å². The van der Waals surface area contributed by atoms with Gasteiger partial charge in [0, 0.05) is 19.2 Å². The van der Waals surface area contributed by atoms with Gasteiger partial charge in [-0.3, -0.25) is 0 Å². The smallest absolute Gasteiger partial charge is 0.161 e. The van der Waals surface area contributed by atoms with Crippen LogP contribution in [0.5, 0.6) is 11.5 Å². The van der Waals surface area contributed by atoms with E-state index >= 15 is 0 Å². The van der Waals surface area contributed by atoms with Crippen LogP contribution < -0.4 is 14.8 Å². The van der Waals surface area contributed by atoms with Crippen LogP contribution in [0.2, 0.25) is 0 Å². The SMILES string of the molecule is COc1cc(C)c(CNC(CCO)C(C)C)cc1OC. The first kappa shape index (κ1) is 16.8. The van der Waals surface area contributed by atoms with Crippen molar-refractivity contribution >= 4 is 0 Å². The molecule has 1 unspecified atom stereocenters. The molecule has 0 aliphatic rings. The van der Waals surface area contributed by atoms with Crippen LogP contribution in [-0.2, 0) is 6.54 Å². The van der Waals surface area contributed by atoms with E-state index in [1.165, 1.54) is 11.1 Å². The van der Waals surface area contributed by atoms with Gasteiger partial charge in [0.1, 0.15) is 0 Å². The number of hydrogen-bond acceptors (Lipinski definition) is 4. The molecule has 4 heteroatoms. The molecule has 1 aromatic rings. The Morgan fingerprint density at radius 1 is 1.15 bits per heavy atom. The maximum absolute atomic E-state index is 9.11. The first-order chi connectivity index (χ1) is 9.53. The lowest BCUT2D eigenvalue weighted by atomic mass is 10.00. The van der Waals surface area contributed by atoms with E-state index in [9.17, 15) is 0 Å². The fraction of sp³-hybridized carbons (Fsp3) is 0.625. The number of hydrogen-bond donors (Lipinski definition) is 2. The van der Waals surface area contributed by atoms with Crippen LogP contribution in [0.1, 0.15) is 31.4 Å². The third-order valence-corrected chi connectivity index (χ3v) is 3.64. The summed E-state index contributed by atoms with van der Waals surface area (Å²) in [7, 11) is 3.29. The van der Waals surface area contributed by atoms with Crippen molar-refractivity contribution in [1.29, 1.82) is 0 Å². The highest BCUT2D eigenvalue weighted by Crippen LogP contribution is 2.30. The van der Waals surface area contributed by atoms with Crippen LogP contribution in [0.25, 0.3) is 0 Å². The Hall–Kier alpha value is -1.26. The average molecular weight is 281 g/mol. The largest absolute Gasteiger partial charge is 0.493 e. The maximum atomic E-state index is 9.11. The monoisotopic (exact) mass is 281 g/mol. The molecule has 0 aliphatic carbocycles. The Morgan fingerprint density at radius 2 is 1.75 bits per heavy atom. The summed E-state index contributed by atoms with van der Waals surface area (Å²) in [4.78, 5) is 0. The first-order valence-electron chi connectivity index (χ1n) is 7.09. The minimum absolute atomic E-state index is 0.209. The Kier molecular flexibility index (Phi) is 6.82. The summed E-state index contributed by atoms with van der Waals surface area (Å²) in [6.45, 7) is 7.36. The van der Waals surface area contributed by atoms with Crippen molar-refractivity contribution in [3.05, 3.63) is 23.3 Å². The van der Waals surface area contributed by atoms with Crippen molar-refractivity contribution < 1.29 is 14.6 Å². The summed E-state index contributed by atoms with van der Waals surface area (Å²) in [6, 6.07) is 4.32. The van der Waals surface area contributed by atoms with Crippen molar-refractivity contribution in [2.75, 3.05) is 20.8 Å². The quantitative estimate of drug-likeness (QED) is 0.769. The molecule has 4 nitrogen and oxygen atoms in total. The number of ether oxygens (including phenoxy) is 2. The molecule has 0 saturated heterocycles. The summed E-state index contributed by atoms with van der Waals surface area (Å²) in [5.74, 6) is 1.99. The van der Waals surface area contributed by atoms with Gasteiger partial charge < -0.3 is 19.9 Å². The lowest BCUT2D eigenvalue weighted by molar-refractivity contribution is 0.243. The van der Waals surface area contributed by atoms with Gasteiger partial charge in [0.2, 0.25) is 0 Å². The van der Waals surface area contributed by atoms with Crippen molar-refractivity contribution in [3.63, 3.8) is 0 Å². The van der Waals surface area contributed by atoms with Gasteiger partial charge in [-0.25, -0.2) is 0 Å². The molecule has 0 spiro atoms. The zero-order valence-electron chi connectivity index (χ0n) is 13.2. The van der Waals surface area contributed by atoms with Crippen LogP contribution in [0.4, 0.5) is 0 Å². The second kappa shape index (κ2) is 8.12. The minimum atomic E-state index is 0.209. The predicted octanol–water partition coefficient (Wildman–Crippen LogP) is 2.51. The molecule has 1 atom stereocenters. The van der Waals surface area contributed by atoms with Gasteiger partial charge in [0.05, 0.1) is 14.2 Å². The van der Waals surface area contributed by atoms with Crippen molar-refractivity contribution in [2.45, 2.75) is 39.8 Å². The molecular formula is C16H27NO3. The molecule has 0 heterocycles. The van der Waals surface area contributed by atoms with E-state index in [-0.39, 0.29) is 6.61 Å². The molecule has 114 valence electrons. The zero-order chi connectivity index (χ0) is 15.1.